The van der Waals surface area contributed by atoms with Crippen LogP contribution in [0.3, 0.4) is 0 Å². The highest BCUT2D eigenvalue weighted by atomic mass is 15.1. The smallest absolute Gasteiger partial charge is 0.111 e. The molecule has 0 aliphatic carbocycles. The summed E-state index contributed by atoms with van der Waals surface area (Å²) in [7, 11) is 0. The normalized spacial score (nSPS) is 11.2. The van der Waals surface area contributed by atoms with E-state index in [1.165, 1.54) is 0 Å². The van der Waals surface area contributed by atoms with Crippen molar-refractivity contribution < 1.29 is 0 Å². The van der Waals surface area contributed by atoms with Crippen molar-refractivity contribution in [3.63, 3.8) is 0 Å². The fourth-order valence-electron chi connectivity index (χ4n) is 8.49. The molecule has 0 radical (unpaired) electrons. The van der Waals surface area contributed by atoms with Crippen LogP contribution in [-0.2, 0) is 0 Å². The van der Waals surface area contributed by atoms with Crippen LogP contribution >= 0.6 is 0 Å². The van der Waals surface area contributed by atoms with Gasteiger partial charge < -0.3 is 0 Å². The van der Waals surface area contributed by atoms with E-state index in [0.717, 1.165) is 102 Å². The van der Waals surface area contributed by atoms with Gasteiger partial charge in [-0.3, -0.25) is 13.7 Å². The lowest BCUT2D eigenvalue weighted by atomic mass is 10.0. The van der Waals surface area contributed by atoms with Gasteiger partial charge in [0.25, 0.3) is 0 Å². The zero-order chi connectivity index (χ0) is 40.6. The van der Waals surface area contributed by atoms with Crippen molar-refractivity contribution >= 4 is 0 Å². The predicted octanol–water partition coefficient (Wildman–Crippen LogP) is 13.2. The number of aromatic nitrogens is 6. The largest absolute Gasteiger partial charge is 0.296 e. The quantitative estimate of drug-likeness (QED) is 0.147. The maximum Gasteiger partial charge on any atom is 0.111 e. The van der Waals surface area contributed by atoms with Crippen LogP contribution in [0.5, 0.6) is 0 Å². The zero-order valence-corrected chi connectivity index (χ0v) is 33.7. The molecule has 0 aliphatic heterocycles. The van der Waals surface area contributed by atoms with Crippen LogP contribution < -0.4 is 0 Å². The topological polar surface area (TPSA) is 53.5 Å². The molecule has 7 aromatic carbocycles. The number of hydrogen-bond donors (Lipinski definition) is 0. The average molecular weight is 775 g/mol. The molecule has 0 spiro atoms. The molecule has 0 aliphatic rings. The Morgan fingerprint density at radius 3 is 0.683 bits per heavy atom. The molecule has 6 heteroatoms. The molecule has 0 bridgehead atoms. The molecule has 3 heterocycles. The first kappa shape index (κ1) is 36.5. The molecule has 0 amide bonds. The molecule has 0 N–H and O–H groups in total. The second kappa shape index (κ2) is 15.5. The molecule has 288 valence electrons. The van der Waals surface area contributed by atoms with Gasteiger partial charge in [-0.05, 0) is 39.0 Å². The number of aryl methyl sites for hydroxylation is 3. The lowest BCUT2D eigenvalue weighted by Gasteiger charge is -2.20. The van der Waals surface area contributed by atoms with E-state index in [4.69, 9.17) is 15.0 Å². The van der Waals surface area contributed by atoms with Crippen molar-refractivity contribution in [3.05, 3.63) is 218 Å². The Balaban J connectivity index is 1.32. The Hall–Kier alpha value is -7.83. The van der Waals surface area contributed by atoms with Crippen LogP contribution in [0.15, 0.2) is 200 Å². The third-order valence-electron chi connectivity index (χ3n) is 11.1. The molecule has 6 nitrogen and oxygen atoms in total. The first-order valence-electron chi connectivity index (χ1n) is 20.3. The highest BCUT2D eigenvalue weighted by Crippen LogP contribution is 2.41. The Labute approximate surface area is 350 Å². The third-order valence-corrected chi connectivity index (χ3v) is 11.1. The molecular weight excluding hydrogens is 733 g/mol. The second-order valence-corrected chi connectivity index (χ2v) is 15.0. The van der Waals surface area contributed by atoms with Gasteiger partial charge in [0.2, 0.25) is 0 Å². The summed E-state index contributed by atoms with van der Waals surface area (Å²) in [5.74, 6) is 2.63. The van der Waals surface area contributed by atoms with E-state index in [1.807, 2.05) is 18.2 Å². The molecule has 60 heavy (non-hydrogen) atoms. The number of hydrogen-bond acceptors (Lipinski definition) is 3. The molecule has 0 saturated carbocycles. The van der Waals surface area contributed by atoms with E-state index >= 15 is 0 Å². The number of imidazole rings is 3. The summed E-state index contributed by atoms with van der Waals surface area (Å²) < 4.78 is 6.93. The van der Waals surface area contributed by atoms with Gasteiger partial charge in [0.05, 0.1) is 51.2 Å². The highest BCUT2D eigenvalue weighted by molar-refractivity contribution is 5.84. The summed E-state index contributed by atoms with van der Waals surface area (Å²) in [5.41, 5.74) is 15.2. The van der Waals surface area contributed by atoms with Crippen molar-refractivity contribution in [1.82, 2.24) is 28.7 Å². The van der Waals surface area contributed by atoms with Gasteiger partial charge in [0, 0.05) is 33.4 Å². The molecule has 10 aromatic rings. The van der Waals surface area contributed by atoms with E-state index < -0.39 is 0 Å². The van der Waals surface area contributed by atoms with E-state index in [-0.39, 0.29) is 0 Å². The Morgan fingerprint density at radius 2 is 0.467 bits per heavy atom. The van der Waals surface area contributed by atoms with Gasteiger partial charge in [-0.25, -0.2) is 15.0 Å². The first-order valence-corrected chi connectivity index (χ1v) is 20.3. The van der Waals surface area contributed by atoms with Crippen LogP contribution in [0.25, 0.3) is 84.6 Å². The van der Waals surface area contributed by atoms with E-state index in [9.17, 15) is 0 Å². The Morgan fingerprint density at radius 1 is 0.267 bits per heavy atom. The highest BCUT2D eigenvalue weighted by Gasteiger charge is 2.26. The van der Waals surface area contributed by atoms with E-state index in [1.54, 1.807) is 0 Å². The maximum absolute atomic E-state index is 5.32. The first-order chi connectivity index (χ1) is 29.5. The molecular formula is C54H42N6. The van der Waals surface area contributed by atoms with Crippen LogP contribution in [0.1, 0.15) is 17.5 Å². The van der Waals surface area contributed by atoms with Crippen molar-refractivity contribution in [3.8, 4) is 84.6 Å². The summed E-state index contributed by atoms with van der Waals surface area (Å²) >= 11 is 0. The minimum absolute atomic E-state index is 0.877. The summed E-state index contributed by atoms with van der Waals surface area (Å²) in [6, 6.07) is 70.0. The Bertz CT molecular complexity index is 2730. The average Bonchev–Trinajstić information content (AvgIpc) is 3.98. The second-order valence-electron chi connectivity index (χ2n) is 15.0. The monoisotopic (exact) mass is 774 g/mol. The number of rotatable bonds is 9. The van der Waals surface area contributed by atoms with E-state index in [0.29, 0.717) is 0 Å². The fourth-order valence-corrected chi connectivity index (χ4v) is 8.49. The van der Waals surface area contributed by atoms with Crippen molar-refractivity contribution in [2.24, 2.45) is 0 Å². The summed E-state index contributed by atoms with van der Waals surface area (Å²) in [4.78, 5) is 15.9. The molecule has 3 aromatic heterocycles. The maximum atomic E-state index is 5.32. The van der Waals surface area contributed by atoms with E-state index in [2.05, 4.69) is 216 Å². The number of nitrogens with zero attached hydrogens (tertiary/aromatic N) is 6. The van der Waals surface area contributed by atoms with Crippen molar-refractivity contribution in [2.45, 2.75) is 20.8 Å². The van der Waals surface area contributed by atoms with Gasteiger partial charge in [-0.1, -0.05) is 182 Å². The molecule has 0 fully saturated rings. The van der Waals surface area contributed by atoms with Crippen molar-refractivity contribution in [1.29, 1.82) is 0 Å². The van der Waals surface area contributed by atoms with Crippen LogP contribution in [0.4, 0.5) is 0 Å². The summed E-state index contributed by atoms with van der Waals surface area (Å²) in [5, 5.41) is 0. The fraction of sp³-hybridized carbons (Fsp3) is 0.0556. The minimum Gasteiger partial charge on any atom is -0.296 e. The lowest BCUT2D eigenvalue weighted by Crippen LogP contribution is -2.08. The number of benzene rings is 7. The summed E-state index contributed by atoms with van der Waals surface area (Å²) in [6.07, 6.45) is 0. The molecule has 0 unspecified atom stereocenters. The van der Waals surface area contributed by atoms with Crippen LogP contribution in [0, 0.1) is 20.8 Å². The van der Waals surface area contributed by atoms with Gasteiger partial charge in [-0.15, -0.1) is 0 Å². The lowest BCUT2D eigenvalue weighted by molar-refractivity contribution is 0.932. The summed E-state index contributed by atoms with van der Waals surface area (Å²) in [6.45, 7) is 6.30. The SMILES string of the molecule is Cc1nc(-c2ccccc2)c(-c2ccccc2)n1-c1cc(-n2c(C)nc(-c3ccccc3)c2-c2ccccc2)cc(-n2c(C)nc(-c3ccccc3)c2-c2ccccc2)c1. The Kier molecular flexibility index (Phi) is 9.43. The van der Waals surface area contributed by atoms with Gasteiger partial charge in [-0.2, -0.15) is 0 Å². The third kappa shape index (κ3) is 6.54. The van der Waals surface area contributed by atoms with Gasteiger partial charge in [0.15, 0.2) is 0 Å². The standard InChI is InChI=1S/C54H42N6/c1-37-55-49(40-22-10-4-11-23-40)52(43-28-16-7-17-29-43)58(37)46-34-47(59-38(2)56-50(41-24-12-5-13-25-41)53(59)44-30-18-8-19-31-44)36-48(35-46)60-39(3)57-51(42-26-14-6-15-27-42)54(60)45-32-20-9-21-33-45/h4-36H,1-3H3. The molecule has 0 atom stereocenters. The predicted molar refractivity (Wildman–Crippen MR) is 245 cm³/mol. The van der Waals surface area contributed by atoms with Gasteiger partial charge >= 0.3 is 0 Å². The molecule has 0 saturated heterocycles. The molecule has 10 rings (SSSR count). The van der Waals surface area contributed by atoms with Gasteiger partial charge in [0.1, 0.15) is 17.5 Å². The minimum atomic E-state index is 0.877. The van der Waals surface area contributed by atoms with Crippen LogP contribution in [0.2, 0.25) is 0 Å². The zero-order valence-electron chi connectivity index (χ0n) is 33.7. The van der Waals surface area contributed by atoms with Crippen LogP contribution in [-0.4, -0.2) is 28.7 Å². The van der Waals surface area contributed by atoms with Crippen molar-refractivity contribution in [2.75, 3.05) is 0 Å².